The number of hydrogen-bond acceptors (Lipinski definition) is 3. The molecule has 0 fully saturated rings. The van der Waals surface area contributed by atoms with Gasteiger partial charge in [0.15, 0.2) is 0 Å². The van der Waals surface area contributed by atoms with Crippen LogP contribution in [0, 0.1) is 0 Å². The van der Waals surface area contributed by atoms with Crippen LogP contribution < -0.4 is 0 Å². The van der Waals surface area contributed by atoms with E-state index in [0.29, 0.717) is 79.4 Å². The molecule has 3 aliphatic rings. The lowest BCUT2D eigenvalue weighted by Crippen LogP contribution is -2.17. The predicted octanol–water partition coefficient (Wildman–Crippen LogP) is 11.7. The molecule has 0 saturated heterocycles. The normalized spacial score (nSPS) is 20.9. The molecule has 1 heterocycles. The summed E-state index contributed by atoms with van der Waals surface area (Å²) >= 11 is 60.3. The fraction of sp³-hybridized carbons (Fsp3) is 0.100. The highest BCUT2D eigenvalue weighted by atomic mass is 35.5. The molecule has 210 valence electrons. The lowest BCUT2D eigenvalue weighted by atomic mass is 9.96. The minimum Gasteiger partial charge on any atom is -0.216 e. The first kappa shape index (κ1) is 29.2. The molecule has 7 rings (SSSR count). The predicted molar refractivity (Wildman–Crippen MR) is 176 cm³/mol. The monoisotopic (exact) mass is 729 g/mol. The number of allylic oxidation sites excluding steroid dienone is 3. The lowest BCUT2D eigenvalue weighted by molar-refractivity contribution is 0.725. The zero-order valence-corrected chi connectivity index (χ0v) is 27.5. The number of halogens is 9. The number of rotatable bonds is 3. The molecular weight excluding hydrogens is 721 g/mol. The van der Waals surface area contributed by atoms with E-state index in [0.717, 1.165) is 16.7 Å². The van der Waals surface area contributed by atoms with Crippen LogP contribution in [0.3, 0.4) is 0 Å². The molecule has 4 aromatic rings. The molecule has 3 nitrogen and oxygen atoms in total. The Morgan fingerprint density at radius 2 is 0.643 bits per heavy atom. The molecule has 3 unspecified atom stereocenters. The van der Waals surface area contributed by atoms with Crippen molar-refractivity contribution in [2.75, 3.05) is 0 Å². The minimum atomic E-state index is -0.634. The Morgan fingerprint density at radius 3 is 0.905 bits per heavy atom. The van der Waals surface area contributed by atoms with Crippen LogP contribution in [-0.4, -0.2) is 15.0 Å². The maximum absolute atomic E-state index is 6.87. The topological polar surface area (TPSA) is 38.7 Å². The summed E-state index contributed by atoms with van der Waals surface area (Å²) < 4.78 is 0. The highest BCUT2D eigenvalue weighted by molar-refractivity contribution is 6.58. The Kier molecular flexibility index (Phi) is 7.54. The van der Waals surface area contributed by atoms with Gasteiger partial charge >= 0.3 is 0 Å². The molecule has 42 heavy (non-hydrogen) atoms. The molecule has 0 radical (unpaired) electrons. The van der Waals surface area contributed by atoms with Gasteiger partial charge in [0.25, 0.3) is 0 Å². The van der Waals surface area contributed by atoms with Gasteiger partial charge in [0, 0.05) is 31.8 Å². The number of benzene rings is 3. The zero-order chi connectivity index (χ0) is 29.6. The molecule has 3 aromatic carbocycles. The molecule has 12 heteroatoms. The highest BCUT2D eigenvalue weighted by Gasteiger charge is 2.41. The van der Waals surface area contributed by atoms with E-state index >= 15 is 0 Å². The van der Waals surface area contributed by atoms with Gasteiger partial charge in [-0.2, -0.15) is 0 Å². The van der Waals surface area contributed by atoms with Crippen molar-refractivity contribution < 1.29 is 0 Å². The first-order valence-electron chi connectivity index (χ1n) is 12.4. The molecule has 0 amide bonds. The van der Waals surface area contributed by atoms with E-state index in [1.807, 2.05) is 36.4 Å². The van der Waals surface area contributed by atoms with Crippen LogP contribution in [0.4, 0.5) is 0 Å². The standard InChI is InChI=1S/C30H12Cl9N3/c31-13-7-1-4-10-16(13)22(34)25(37)19(10)28-40-29(20-11-5-2-8-14(32)17(11)23(35)26(20)38)42-30(41-28)21-12-6-3-9-15(33)18(12)24(36)27(21)39/h1-9,19-21H. The van der Waals surface area contributed by atoms with Gasteiger partial charge in [-0.15, -0.1) is 0 Å². The Balaban J connectivity index is 1.50. The summed E-state index contributed by atoms with van der Waals surface area (Å²) in [6.07, 6.45) is 0. The van der Waals surface area contributed by atoms with Crippen molar-refractivity contribution in [2.45, 2.75) is 17.8 Å². The van der Waals surface area contributed by atoms with E-state index in [2.05, 4.69) is 0 Å². The second-order valence-electron chi connectivity index (χ2n) is 9.81. The molecular formula is C30H12Cl9N3. The Labute approximate surface area is 285 Å². The third-order valence-corrected chi connectivity index (χ3v) is 11.2. The van der Waals surface area contributed by atoms with Crippen LogP contribution in [0.1, 0.15) is 68.6 Å². The average Bonchev–Trinajstić information content (AvgIpc) is 3.49. The largest absolute Gasteiger partial charge is 0.216 e. The van der Waals surface area contributed by atoms with Crippen LogP contribution in [0.2, 0.25) is 15.1 Å². The second-order valence-corrected chi connectivity index (χ2v) is 13.4. The Morgan fingerprint density at radius 1 is 0.381 bits per heavy atom. The maximum atomic E-state index is 6.87. The number of aromatic nitrogens is 3. The zero-order valence-electron chi connectivity index (χ0n) is 20.7. The lowest BCUT2D eigenvalue weighted by Gasteiger charge is -2.20. The molecule has 0 bridgehead atoms. The minimum absolute atomic E-state index is 0.323. The molecule has 0 saturated carbocycles. The van der Waals surface area contributed by atoms with Gasteiger partial charge in [0.1, 0.15) is 17.5 Å². The van der Waals surface area contributed by atoms with Crippen molar-refractivity contribution in [1.82, 2.24) is 15.0 Å². The summed E-state index contributed by atoms with van der Waals surface area (Å²) in [5, 5.41) is 3.33. The van der Waals surface area contributed by atoms with Crippen LogP contribution in [0.15, 0.2) is 69.7 Å². The van der Waals surface area contributed by atoms with Crippen molar-refractivity contribution in [1.29, 1.82) is 0 Å². The molecule has 3 aliphatic carbocycles. The first-order valence-corrected chi connectivity index (χ1v) is 15.8. The van der Waals surface area contributed by atoms with Crippen LogP contribution >= 0.6 is 104 Å². The fourth-order valence-electron chi connectivity index (χ4n) is 5.76. The van der Waals surface area contributed by atoms with Crippen LogP contribution in [0.5, 0.6) is 0 Å². The van der Waals surface area contributed by atoms with Gasteiger partial charge in [-0.05, 0) is 34.9 Å². The van der Waals surface area contributed by atoms with E-state index in [9.17, 15) is 0 Å². The van der Waals surface area contributed by atoms with Crippen LogP contribution in [-0.2, 0) is 0 Å². The van der Waals surface area contributed by atoms with Crippen LogP contribution in [0.25, 0.3) is 15.1 Å². The maximum Gasteiger partial charge on any atom is 0.145 e. The quantitative estimate of drug-likeness (QED) is 0.210. The van der Waals surface area contributed by atoms with E-state index in [1.54, 1.807) is 18.2 Å². The molecule has 0 spiro atoms. The molecule has 0 aliphatic heterocycles. The SMILES string of the molecule is ClC1=C(Cl)C(c2nc(C3C(Cl)=C(Cl)c4c(Cl)cccc43)nc(C3C(Cl)=C(Cl)c4c(Cl)cccc43)n2)c2cccc(Cl)c21. The van der Waals surface area contributed by atoms with E-state index in [-0.39, 0.29) is 0 Å². The summed E-state index contributed by atoms with van der Waals surface area (Å²) in [5.41, 5.74) is 4.13. The van der Waals surface area contributed by atoms with Gasteiger partial charge in [0.05, 0.1) is 47.9 Å². The average molecular weight is 734 g/mol. The van der Waals surface area contributed by atoms with E-state index in [1.165, 1.54) is 0 Å². The van der Waals surface area contributed by atoms with Gasteiger partial charge in [-0.25, -0.2) is 15.0 Å². The summed E-state index contributed by atoms with van der Waals surface area (Å²) in [4.78, 5) is 14.8. The van der Waals surface area contributed by atoms with Gasteiger partial charge in [-0.3, -0.25) is 0 Å². The van der Waals surface area contributed by atoms with Crippen molar-refractivity contribution in [3.8, 4) is 0 Å². The first-order chi connectivity index (χ1) is 20.1. The van der Waals surface area contributed by atoms with Gasteiger partial charge in [-0.1, -0.05) is 141 Å². The van der Waals surface area contributed by atoms with Crippen molar-refractivity contribution in [3.05, 3.63) is 136 Å². The molecule has 0 N–H and O–H groups in total. The summed E-state index contributed by atoms with van der Waals surface area (Å²) in [6.45, 7) is 0. The summed E-state index contributed by atoms with van der Waals surface area (Å²) in [7, 11) is 0. The van der Waals surface area contributed by atoms with Crippen molar-refractivity contribution in [3.63, 3.8) is 0 Å². The highest BCUT2D eigenvalue weighted by Crippen LogP contribution is 2.55. The molecule has 3 atom stereocenters. The van der Waals surface area contributed by atoms with E-state index < -0.39 is 17.8 Å². The smallest absolute Gasteiger partial charge is 0.145 e. The third-order valence-electron chi connectivity index (χ3n) is 7.58. The summed E-state index contributed by atoms with van der Waals surface area (Å²) in [5.74, 6) is -0.926. The number of nitrogens with zero attached hydrogens (tertiary/aromatic N) is 3. The van der Waals surface area contributed by atoms with E-state index in [4.69, 9.17) is 119 Å². The third kappa shape index (κ3) is 4.28. The number of fused-ring (bicyclic) bond motifs is 3. The fourth-order valence-corrected chi connectivity index (χ4v) is 8.62. The van der Waals surface area contributed by atoms with Crippen molar-refractivity contribution >= 4 is 120 Å². The summed E-state index contributed by atoms with van der Waals surface area (Å²) in [6, 6.07) is 16.4. The Hall–Kier alpha value is -1.50. The van der Waals surface area contributed by atoms with Gasteiger partial charge < -0.3 is 0 Å². The van der Waals surface area contributed by atoms with Crippen molar-refractivity contribution in [2.24, 2.45) is 0 Å². The Bertz CT molecular complexity index is 1730. The molecule has 1 aromatic heterocycles. The number of hydrogen-bond donors (Lipinski definition) is 0. The second kappa shape index (κ2) is 10.8. The van der Waals surface area contributed by atoms with Gasteiger partial charge in [0.2, 0.25) is 0 Å².